The molecule has 124 valence electrons. The molecule has 0 spiro atoms. The van der Waals surface area contributed by atoms with Crippen LogP contribution in [0.2, 0.25) is 0 Å². The molecule has 1 fully saturated rings. The summed E-state index contributed by atoms with van der Waals surface area (Å²) >= 11 is 0. The van der Waals surface area contributed by atoms with E-state index in [4.69, 9.17) is 0 Å². The summed E-state index contributed by atoms with van der Waals surface area (Å²) in [7, 11) is 1.26. The Labute approximate surface area is 134 Å². The zero-order chi connectivity index (χ0) is 16.9. The molecule has 1 aromatic carbocycles. The largest absolute Gasteiger partial charge is 0.481 e. The van der Waals surface area contributed by atoms with Crippen LogP contribution in [0.25, 0.3) is 0 Å². The van der Waals surface area contributed by atoms with Crippen molar-refractivity contribution in [2.45, 2.75) is 32.1 Å². The number of benzene rings is 1. The normalized spacial score (nSPS) is 15.7. The minimum Gasteiger partial charge on any atom is -0.481 e. The maximum atomic E-state index is 12.2. The minimum absolute atomic E-state index is 0.0447. The van der Waals surface area contributed by atoms with E-state index in [1.165, 1.54) is 7.11 Å². The maximum absolute atomic E-state index is 12.2. The van der Waals surface area contributed by atoms with Gasteiger partial charge in [-0.2, -0.15) is 0 Å². The Morgan fingerprint density at radius 1 is 1.17 bits per heavy atom. The Bertz CT molecular complexity index is 608. The van der Waals surface area contributed by atoms with E-state index in [-0.39, 0.29) is 12.3 Å². The van der Waals surface area contributed by atoms with Crippen molar-refractivity contribution in [3.63, 3.8) is 0 Å². The predicted octanol–water partition coefficient (Wildman–Crippen LogP) is 2.84. The highest BCUT2D eigenvalue weighted by Gasteiger charge is 2.42. The van der Waals surface area contributed by atoms with Gasteiger partial charge in [-0.1, -0.05) is 18.9 Å². The van der Waals surface area contributed by atoms with Crippen molar-refractivity contribution in [3.8, 4) is 0 Å². The molecule has 0 heterocycles. The Kier molecular flexibility index (Phi) is 5.20. The number of methoxy groups -OCH3 is 1. The van der Waals surface area contributed by atoms with Gasteiger partial charge in [0.05, 0.1) is 12.5 Å². The smallest absolute Gasteiger partial charge is 0.411 e. The van der Waals surface area contributed by atoms with Crippen LogP contribution in [-0.2, 0) is 14.3 Å². The van der Waals surface area contributed by atoms with Crippen LogP contribution in [0.15, 0.2) is 24.3 Å². The van der Waals surface area contributed by atoms with E-state index >= 15 is 0 Å². The molecule has 0 aromatic heterocycles. The van der Waals surface area contributed by atoms with E-state index in [9.17, 15) is 19.5 Å². The first-order valence-corrected chi connectivity index (χ1v) is 7.43. The van der Waals surface area contributed by atoms with Gasteiger partial charge in [0.15, 0.2) is 0 Å². The van der Waals surface area contributed by atoms with Crippen molar-refractivity contribution in [1.29, 1.82) is 0 Å². The Balaban J connectivity index is 2.01. The number of rotatable bonds is 5. The van der Waals surface area contributed by atoms with Crippen molar-refractivity contribution in [2.24, 2.45) is 5.41 Å². The fourth-order valence-corrected chi connectivity index (χ4v) is 2.87. The van der Waals surface area contributed by atoms with E-state index in [2.05, 4.69) is 15.4 Å². The van der Waals surface area contributed by atoms with Crippen molar-refractivity contribution >= 4 is 29.3 Å². The minimum atomic E-state index is -0.952. The van der Waals surface area contributed by atoms with Crippen LogP contribution >= 0.6 is 0 Å². The molecule has 0 radical (unpaired) electrons. The lowest BCUT2D eigenvalue weighted by Gasteiger charge is -2.22. The second kappa shape index (κ2) is 7.13. The van der Waals surface area contributed by atoms with Crippen molar-refractivity contribution in [1.82, 2.24) is 0 Å². The molecule has 2 amide bonds. The summed E-state index contributed by atoms with van der Waals surface area (Å²) in [6.45, 7) is 0. The van der Waals surface area contributed by atoms with Crippen LogP contribution in [0.3, 0.4) is 0 Å². The van der Waals surface area contributed by atoms with Gasteiger partial charge < -0.3 is 15.2 Å². The molecule has 0 aliphatic heterocycles. The molecule has 1 saturated carbocycles. The molecule has 3 N–H and O–H groups in total. The van der Waals surface area contributed by atoms with Gasteiger partial charge >= 0.3 is 12.1 Å². The fraction of sp³-hybridized carbons (Fsp3) is 0.438. The molecular formula is C16H20N2O5. The highest BCUT2D eigenvalue weighted by atomic mass is 16.5. The van der Waals surface area contributed by atoms with Crippen molar-refractivity contribution in [2.75, 3.05) is 17.7 Å². The number of ether oxygens (including phenoxy) is 1. The number of anilines is 2. The summed E-state index contributed by atoms with van der Waals surface area (Å²) in [5.74, 6) is -1.25. The molecule has 1 aliphatic rings. The Hall–Kier alpha value is -2.57. The third-order valence-corrected chi connectivity index (χ3v) is 4.09. The first-order valence-electron chi connectivity index (χ1n) is 7.43. The SMILES string of the molecule is COC(=O)Nc1cccc(NC(=O)CC2(C(=O)O)CCCC2)c1. The van der Waals surface area contributed by atoms with Gasteiger partial charge in [0.2, 0.25) is 5.91 Å². The van der Waals surface area contributed by atoms with Gasteiger partial charge in [0.25, 0.3) is 0 Å². The zero-order valence-corrected chi connectivity index (χ0v) is 12.9. The molecule has 1 aromatic rings. The summed E-state index contributed by atoms with van der Waals surface area (Å²) in [6, 6.07) is 6.57. The summed E-state index contributed by atoms with van der Waals surface area (Å²) < 4.78 is 4.50. The molecule has 1 aliphatic carbocycles. The van der Waals surface area contributed by atoms with Crippen molar-refractivity contribution < 1.29 is 24.2 Å². The second-order valence-electron chi connectivity index (χ2n) is 5.71. The third kappa shape index (κ3) is 4.21. The maximum Gasteiger partial charge on any atom is 0.411 e. The number of amides is 2. The van der Waals surface area contributed by atoms with Crippen LogP contribution in [0, 0.1) is 5.41 Å². The quantitative estimate of drug-likeness (QED) is 0.773. The topological polar surface area (TPSA) is 105 Å². The molecule has 7 nitrogen and oxygen atoms in total. The lowest BCUT2D eigenvalue weighted by atomic mass is 9.82. The highest BCUT2D eigenvalue weighted by Crippen LogP contribution is 2.41. The number of carbonyl (C=O) groups is 3. The lowest BCUT2D eigenvalue weighted by molar-refractivity contribution is -0.150. The number of hydrogen-bond donors (Lipinski definition) is 3. The van der Waals surface area contributed by atoms with E-state index in [1.807, 2.05) is 0 Å². The third-order valence-electron chi connectivity index (χ3n) is 4.09. The average Bonchev–Trinajstić information content (AvgIpc) is 2.97. The summed E-state index contributed by atoms with van der Waals surface area (Å²) in [4.78, 5) is 34.8. The lowest BCUT2D eigenvalue weighted by Crippen LogP contribution is -2.32. The van der Waals surface area contributed by atoms with Crippen LogP contribution in [-0.4, -0.2) is 30.2 Å². The summed E-state index contributed by atoms with van der Waals surface area (Å²) in [5, 5.41) is 14.6. The molecule has 23 heavy (non-hydrogen) atoms. The van der Waals surface area contributed by atoms with E-state index in [0.29, 0.717) is 24.2 Å². The Morgan fingerprint density at radius 3 is 2.35 bits per heavy atom. The molecule has 2 rings (SSSR count). The van der Waals surface area contributed by atoms with Crippen LogP contribution in [0.1, 0.15) is 32.1 Å². The molecule has 0 saturated heterocycles. The van der Waals surface area contributed by atoms with E-state index in [0.717, 1.165) is 12.8 Å². The van der Waals surface area contributed by atoms with Crippen LogP contribution in [0.5, 0.6) is 0 Å². The van der Waals surface area contributed by atoms with E-state index in [1.54, 1.807) is 24.3 Å². The first kappa shape index (κ1) is 16.8. The summed E-state index contributed by atoms with van der Waals surface area (Å²) in [6.07, 6.45) is 2.07. The highest BCUT2D eigenvalue weighted by molar-refractivity contribution is 5.95. The number of carboxylic acid groups (broad SMARTS) is 1. The standard InChI is InChI=1S/C16H20N2O5/c1-23-15(22)18-12-6-4-5-11(9-12)17-13(19)10-16(14(20)21)7-2-3-8-16/h4-6,9H,2-3,7-8,10H2,1H3,(H,17,19)(H,18,22)(H,20,21). The van der Waals surface area contributed by atoms with Crippen LogP contribution < -0.4 is 10.6 Å². The molecule has 0 unspecified atom stereocenters. The van der Waals surface area contributed by atoms with Gasteiger partial charge in [-0.15, -0.1) is 0 Å². The summed E-state index contributed by atoms with van der Waals surface area (Å²) in [5.41, 5.74) is 0.0114. The van der Waals surface area contributed by atoms with Gasteiger partial charge in [0.1, 0.15) is 0 Å². The zero-order valence-electron chi connectivity index (χ0n) is 12.9. The number of carbonyl (C=O) groups excluding carboxylic acids is 2. The number of carboxylic acids is 1. The van der Waals surface area contributed by atoms with Gasteiger partial charge in [-0.05, 0) is 31.0 Å². The number of nitrogens with one attached hydrogen (secondary N) is 2. The fourth-order valence-electron chi connectivity index (χ4n) is 2.87. The average molecular weight is 320 g/mol. The van der Waals surface area contributed by atoms with Gasteiger partial charge in [-0.3, -0.25) is 14.9 Å². The van der Waals surface area contributed by atoms with E-state index < -0.39 is 17.5 Å². The number of aliphatic carboxylic acids is 1. The van der Waals surface area contributed by atoms with Gasteiger partial charge in [0, 0.05) is 17.8 Å². The first-order chi connectivity index (χ1) is 10.9. The molecule has 0 bridgehead atoms. The molecule has 7 heteroatoms. The Morgan fingerprint density at radius 2 is 1.78 bits per heavy atom. The van der Waals surface area contributed by atoms with Crippen LogP contribution in [0.4, 0.5) is 16.2 Å². The molecule has 0 atom stereocenters. The van der Waals surface area contributed by atoms with Gasteiger partial charge in [-0.25, -0.2) is 4.79 Å². The molecular weight excluding hydrogens is 300 g/mol. The predicted molar refractivity (Wildman–Crippen MR) is 84.3 cm³/mol. The number of hydrogen-bond acceptors (Lipinski definition) is 4. The monoisotopic (exact) mass is 320 g/mol. The van der Waals surface area contributed by atoms with Crippen molar-refractivity contribution in [3.05, 3.63) is 24.3 Å². The second-order valence-corrected chi connectivity index (χ2v) is 5.71.